The molecule has 0 unspecified atom stereocenters. The van der Waals surface area contributed by atoms with Gasteiger partial charge in [-0.15, -0.1) is 10.2 Å². The van der Waals surface area contributed by atoms with Crippen molar-refractivity contribution in [2.45, 2.75) is 21.1 Å². The van der Waals surface area contributed by atoms with Gasteiger partial charge >= 0.3 is 0 Å². The topological polar surface area (TPSA) is 101 Å². The van der Waals surface area contributed by atoms with Crippen molar-refractivity contribution in [3.8, 4) is 0 Å². The zero-order chi connectivity index (χ0) is 22.6. The highest BCUT2D eigenvalue weighted by molar-refractivity contribution is 7.99. The first-order valence-corrected chi connectivity index (χ1v) is 12.6. The summed E-state index contributed by atoms with van der Waals surface area (Å²) < 4.78 is 28.1. The number of nitrogens with one attached hydrogen (secondary N) is 2. The van der Waals surface area contributed by atoms with Gasteiger partial charge in [0.25, 0.3) is 20.3 Å². The van der Waals surface area contributed by atoms with Crippen molar-refractivity contribution in [2.24, 2.45) is 0 Å². The van der Waals surface area contributed by atoms with Gasteiger partial charge in [-0.1, -0.05) is 71.1 Å². The van der Waals surface area contributed by atoms with Crippen molar-refractivity contribution in [1.82, 2.24) is 10.2 Å². The average Bonchev–Trinajstić information content (AvgIpc) is 3.25. The van der Waals surface area contributed by atoms with Crippen LogP contribution in [0.3, 0.4) is 0 Å². The fourth-order valence-corrected chi connectivity index (χ4v) is 5.73. The first kappa shape index (κ1) is 22.0. The van der Waals surface area contributed by atoms with E-state index in [1.54, 1.807) is 30.3 Å². The van der Waals surface area contributed by atoms with Crippen LogP contribution in [0.5, 0.6) is 0 Å². The van der Waals surface area contributed by atoms with E-state index in [1.807, 2.05) is 55.5 Å². The zero-order valence-electron chi connectivity index (χ0n) is 16.8. The normalized spacial score (nSPS) is 11.2. The molecule has 0 aliphatic rings. The van der Waals surface area contributed by atoms with Crippen LogP contribution in [-0.2, 0) is 10.0 Å². The lowest BCUT2D eigenvalue weighted by atomic mass is 10.1. The van der Waals surface area contributed by atoms with E-state index >= 15 is 0 Å². The molecular formula is C22H18N4O3S3. The molecule has 0 saturated heterocycles. The number of sulfonamides is 1. The summed E-state index contributed by atoms with van der Waals surface area (Å²) in [6, 6.07) is 23.8. The first-order valence-electron chi connectivity index (χ1n) is 9.47. The standard InChI is InChI=1S/C22H18N4O3S3/c1-15-8-7-9-16(14-15)20(27)23-21-24-25-22(31-21)32(28,29)26-18-12-5-6-13-19(18)30-17-10-3-2-4-11-17/h2-14,26H,1H3,(H,23,24,27). The van der Waals surface area contributed by atoms with E-state index in [0.717, 1.165) is 26.7 Å². The number of anilines is 2. The Labute approximate surface area is 194 Å². The van der Waals surface area contributed by atoms with Gasteiger partial charge in [-0.05, 0) is 43.3 Å². The minimum Gasteiger partial charge on any atom is -0.296 e. The van der Waals surface area contributed by atoms with Gasteiger partial charge in [0.15, 0.2) is 0 Å². The number of amides is 1. The molecule has 0 bridgehead atoms. The molecule has 1 heterocycles. The molecule has 4 rings (SSSR count). The Balaban J connectivity index is 1.51. The summed E-state index contributed by atoms with van der Waals surface area (Å²) in [5.74, 6) is -0.383. The Hall–Kier alpha value is -3.21. The van der Waals surface area contributed by atoms with Crippen molar-refractivity contribution in [1.29, 1.82) is 0 Å². The molecule has 0 aliphatic carbocycles. The number of benzene rings is 3. The van der Waals surface area contributed by atoms with Crippen LogP contribution in [0.15, 0.2) is 93.0 Å². The molecule has 0 atom stereocenters. The van der Waals surface area contributed by atoms with Gasteiger partial charge in [-0.3, -0.25) is 14.8 Å². The second-order valence-electron chi connectivity index (χ2n) is 6.71. The number of hydrogen-bond acceptors (Lipinski definition) is 7. The average molecular weight is 483 g/mol. The third-order valence-electron chi connectivity index (χ3n) is 4.24. The highest BCUT2D eigenvalue weighted by atomic mass is 32.2. The maximum Gasteiger partial charge on any atom is 0.291 e. The van der Waals surface area contributed by atoms with Gasteiger partial charge in [0.2, 0.25) is 5.13 Å². The molecule has 4 aromatic rings. The first-order chi connectivity index (χ1) is 15.4. The second kappa shape index (κ2) is 9.51. The van der Waals surface area contributed by atoms with Crippen LogP contribution < -0.4 is 10.0 Å². The highest BCUT2D eigenvalue weighted by Gasteiger charge is 2.22. The molecule has 3 aromatic carbocycles. The van der Waals surface area contributed by atoms with Crippen LogP contribution in [0.1, 0.15) is 15.9 Å². The summed E-state index contributed by atoms with van der Waals surface area (Å²) >= 11 is 2.23. The molecule has 1 amide bonds. The van der Waals surface area contributed by atoms with Gasteiger partial charge in [0.1, 0.15) is 0 Å². The number of aryl methyl sites for hydroxylation is 1. The predicted molar refractivity (Wildman–Crippen MR) is 127 cm³/mol. The van der Waals surface area contributed by atoms with Crippen LogP contribution in [-0.4, -0.2) is 24.5 Å². The van der Waals surface area contributed by atoms with E-state index in [9.17, 15) is 13.2 Å². The fourth-order valence-electron chi connectivity index (χ4n) is 2.77. The molecule has 7 nitrogen and oxygen atoms in total. The Kier molecular flexibility index (Phi) is 6.54. The molecule has 0 saturated carbocycles. The highest BCUT2D eigenvalue weighted by Crippen LogP contribution is 2.34. The lowest BCUT2D eigenvalue weighted by molar-refractivity contribution is 0.102. The van der Waals surface area contributed by atoms with Crippen molar-refractivity contribution in [3.63, 3.8) is 0 Å². The quantitative estimate of drug-likeness (QED) is 0.358. The summed E-state index contributed by atoms with van der Waals surface area (Å²) in [7, 11) is -3.98. The largest absolute Gasteiger partial charge is 0.296 e. The van der Waals surface area contributed by atoms with E-state index in [-0.39, 0.29) is 15.4 Å². The van der Waals surface area contributed by atoms with Crippen molar-refractivity contribution >= 4 is 49.8 Å². The molecule has 0 aliphatic heterocycles. The number of hydrogen-bond donors (Lipinski definition) is 2. The van der Waals surface area contributed by atoms with E-state index in [0.29, 0.717) is 11.3 Å². The molecule has 0 spiro atoms. The monoisotopic (exact) mass is 482 g/mol. The van der Waals surface area contributed by atoms with Crippen molar-refractivity contribution in [2.75, 3.05) is 10.0 Å². The van der Waals surface area contributed by atoms with E-state index in [2.05, 4.69) is 20.2 Å². The Morgan fingerprint density at radius 3 is 2.47 bits per heavy atom. The van der Waals surface area contributed by atoms with Gasteiger partial charge in [-0.25, -0.2) is 0 Å². The summed E-state index contributed by atoms with van der Waals surface area (Å²) in [5.41, 5.74) is 1.82. The summed E-state index contributed by atoms with van der Waals surface area (Å²) in [5, 5.41) is 10.3. The number of carbonyl (C=O) groups is 1. The second-order valence-corrected chi connectivity index (χ2v) is 10.7. The Morgan fingerprint density at radius 1 is 0.938 bits per heavy atom. The molecule has 0 fully saturated rings. The summed E-state index contributed by atoms with van der Waals surface area (Å²) in [6.07, 6.45) is 0. The van der Waals surface area contributed by atoms with Crippen LogP contribution >= 0.6 is 23.1 Å². The minimum absolute atomic E-state index is 0.101. The molecule has 162 valence electrons. The number of rotatable bonds is 7. The lowest BCUT2D eigenvalue weighted by Gasteiger charge is -2.10. The van der Waals surface area contributed by atoms with Gasteiger partial charge < -0.3 is 0 Å². The number of aromatic nitrogens is 2. The zero-order valence-corrected chi connectivity index (χ0v) is 19.3. The maximum absolute atomic E-state index is 12.9. The smallest absolute Gasteiger partial charge is 0.291 e. The maximum atomic E-state index is 12.9. The predicted octanol–water partition coefficient (Wildman–Crippen LogP) is 5.05. The van der Waals surface area contributed by atoms with Crippen molar-refractivity contribution in [3.05, 3.63) is 90.0 Å². The minimum atomic E-state index is -3.98. The number of para-hydroxylation sites is 1. The Morgan fingerprint density at radius 2 is 1.69 bits per heavy atom. The van der Waals surface area contributed by atoms with Crippen LogP contribution in [0.25, 0.3) is 0 Å². The SMILES string of the molecule is Cc1cccc(C(=O)Nc2nnc(S(=O)(=O)Nc3ccccc3Sc3ccccc3)s2)c1. The molecule has 10 heteroatoms. The third kappa shape index (κ3) is 5.34. The fraction of sp³-hybridized carbons (Fsp3) is 0.0455. The number of carbonyl (C=O) groups excluding carboxylic acids is 1. The van der Waals surface area contributed by atoms with Crippen LogP contribution in [0, 0.1) is 6.92 Å². The van der Waals surface area contributed by atoms with E-state index in [4.69, 9.17) is 0 Å². The molecular weight excluding hydrogens is 464 g/mol. The van der Waals surface area contributed by atoms with Crippen LogP contribution in [0.4, 0.5) is 10.8 Å². The molecule has 32 heavy (non-hydrogen) atoms. The molecule has 0 radical (unpaired) electrons. The number of nitrogens with zero attached hydrogens (tertiary/aromatic N) is 2. The summed E-state index contributed by atoms with van der Waals surface area (Å²) in [4.78, 5) is 14.1. The molecule has 2 N–H and O–H groups in total. The van der Waals surface area contributed by atoms with Gasteiger partial charge in [0, 0.05) is 15.4 Å². The van der Waals surface area contributed by atoms with Crippen molar-refractivity contribution < 1.29 is 13.2 Å². The van der Waals surface area contributed by atoms with E-state index < -0.39 is 10.0 Å². The molecule has 1 aromatic heterocycles. The lowest BCUT2D eigenvalue weighted by Crippen LogP contribution is -2.13. The van der Waals surface area contributed by atoms with Crippen LogP contribution in [0.2, 0.25) is 0 Å². The van der Waals surface area contributed by atoms with Gasteiger partial charge in [-0.2, -0.15) is 8.42 Å². The van der Waals surface area contributed by atoms with Gasteiger partial charge in [0.05, 0.1) is 5.69 Å². The Bertz CT molecular complexity index is 1360. The summed E-state index contributed by atoms with van der Waals surface area (Å²) in [6.45, 7) is 1.88. The van der Waals surface area contributed by atoms with E-state index in [1.165, 1.54) is 11.8 Å². The third-order valence-corrected chi connectivity index (χ3v) is 7.89.